The van der Waals surface area contributed by atoms with E-state index >= 15 is 0 Å². The fourth-order valence-electron chi connectivity index (χ4n) is 1.84. The molecule has 1 aromatic carbocycles. The lowest BCUT2D eigenvalue weighted by atomic mass is 10.2. The first-order valence-corrected chi connectivity index (χ1v) is 6.05. The zero-order valence-corrected chi connectivity index (χ0v) is 11.5. The summed E-state index contributed by atoms with van der Waals surface area (Å²) in [6.45, 7) is 0.649. The lowest BCUT2D eigenvalue weighted by Gasteiger charge is -2.04. The molecule has 4 nitrogen and oxygen atoms in total. The normalized spacial score (nSPS) is 10.7. The molecule has 1 N–H and O–H groups in total. The van der Waals surface area contributed by atoms with E-state index in [0.29, 0.717) is 11.7 Å². The second kappa shape index (κ2) is 5.42. The van der Waals surface area contributed by atoms with Crippen molar-refractivity contribution in [1.82, 2.24) is 14.9 Å². The molecule has 2 aromatic rings. The second-order valence-electron chi connectivity index (χ2n) is 3.99. The molecule has 0 radical (unpaired) electrons. The van der Waals surface area contributed by atoms with E-state index in [1.165, 1.54) is 0 Å². The highest BCUT2D eigenvalue weighted by Gasteiger charge is 2.13. The minimum atomic E-state index is 0.649. The molecule has 5 heteroatoms. The average molecular weight is 266 g/mol. The largest absolute Gasteiger partial charge is 0.497 e. The van der Waals surface area contributed by atoms with E-state index in [9.17, 15) is 0 Å². The summed E-state index contributed by atoms with van der Waals surface area (Å²) < 4.78 is 7.10. The third-order valence-corrected chi connectivity index (χ3v) is 3.24. The van der Waals surface area contributed by atoms with Crippen molar-refractivity contribution in [3.8, 4) is 17.1 Å². The minimum Gasteiger partial charge on any atom is -0.497 e. The minimum absolute atomic E-state index is 0.649. The first kappa shape index (κ1) is 12.9. The van der Waals surface area contributed by atoms with Gasteiger partial charge in [0.2, 0.25) is 0 Å². The smallest absolute Gasteiger partial charge is 0.141 e. The zero-order valence-electron chi connectivity index (χ0n) is 10.7. The number of nitrogens with one attached hydrogen (secondary N) is 1. The summed E-state index contributed by atoms with van der Waals surface area (Å²) >= 11 is 6.25. The van der Waals surface area contributed by atoms with Gasteiger partial charge in [0.15, 0.2) is 0 Å². The molecule has 1 heterocycles. The van der Waals surface area contributed by atoms with Crippen molar-refractivity contribution in [2.75, 3.05) is 14.2 Å². The number of nitrogens with zero attached hydrogens (tertiary/aromatic N) is 2. The zero-order chi connectivity index (χ0) is 13.1. The highest BCUT2D eigenvalue weighted by Crippen LogP contribution is 2.27. The molecule has 0 saturated heterocycles. The van der Waals surface area contributed by atoms with E-state index in [4.69, 9.17) is 16.3 Å². The van der Waals surface area contributed by atoms with Crippen LogP contribution in [0.4, 0.5) is 0 Å². The molecule has 0 aliphatic heterocycles. The van der Waals surface area contributed by atoms with Crippen LogP contribution in [0.15, 0.2) is 24.3 Å². The molecule has 0 fully saturated rings. The van der Waals surface area contributed by atoms with Gasteiger partial charge in [-0.05, 0) is 19.2 Å². The van der Waals surface area contributed by atoms with Crippen LogP contribution in [0.25, 0.3) is 11.4 Å². The number of aromatic nitrogens is 2. The van der Waals surface area contributed by atoms with Crippen LogP contribution < -0.4 is 10.1 Å². The van der Waals surface area contributed by atoms with Crippen LogP contribution >= 0.6 is 11.6 Å². The summed E-state index contributed by atoms with van der Waals surface area (Å²) in [5.74, 6) is 1.64. The summed E-state index contributed by atoms with van der Waals surface area (Å²) in [6.07, 6.45) is 0. The van der Waals surface area contributed by atoms with Gasteiger partial charge in [-0.2, -0.15) is 0 Å². The summed E-state index contributed by atoms with van der Waals surface area (Å²) in [6, 6.07) is 7.78. The van der Waals surface area contributed by atoms with Crippen molar-refractivity contribution in [3.63, 3.8) is 0 Å². The molecule has 1 aromatic heterocycles. The van der Waals surface area contributed by atoms with Gasteiger partial charge in [-0.25, -0.2) is 4.98 Å². The number of rotatable bonds is 4. The molecule has 18 heavy (non-hydrogen) atoms. The molecule has 96 valence electrons. The fraction of sp³-hybridized carbons (Fsp3) is 0.308. The Labute approximate surface area is 112 Å². The Morgan fingerprint density at radius 2 is 2.22 bits per heavy atom. The number of methoxy groups -OCH3 is 1. The van der Waals surface area contributed by atoms with E-state index in [-0.39, 0.29) is 0 Å². The van der Waals surface area contributed by atoms with Crippen molar-refractivity contribution in [2.45, 2.75) is 6.54 Å². The summed E-state index contributed by atoms with van der Waals surface area (Å²) in [7, 11) is 5.43. The summed E-state index contributed by atoms with van der Waals surface area (Å²) in [5.41, 5.74) is 1.83. The van der Waals surface area contributed by atoms with Crippen LogP contribution in [0.2, 0.25) is 5.15 Å². The van der Waals surface area contributed by atoms with Crippen molar-refractivity contribution in [3.05, 3.63) is 35.1 Å². The van der Waals surface area contributed by atoms with Crippen molar-refractivity contribution in [1.29, 1.82) is 0 Å². The molecule has 0 aliphatic rings. The van der Waals surface area contributed by atoms with Crippen molar-refractivity contribution >= 4 is 11.6 Å². The van der Waals surface area contributed by atoms with Gasteiger partial charge in [0, 0.05) is 19.2 Å². The molecule has 0 spiro atoms. The topological polar surface area (TPSA) is 39.1 Å². The number of benzene rings is 1. The van der Waals surface area contributed by atoms with Crippen LogP contribution in [-0.2, 0) is 13.6 Å². The molecular formula is C13H16ClN3O. The second-order valence-corrected chi connectivity index (χ2v) is 4.35. The highest BCUT2D eigenvalue weighted by atomic mass is 35.5. The fourth-order valence-corrected chi connectivity index (χ4v) is 2.02. The van der Waals surface area contributed by atoms with Gasteiger partial charge in [0.1, 0.15) is 16.7 Å². The Morgan fingerprint density at radius 1 is 1.44 bits per heavy atom. The van der Waals surface area contributed by atoms with Crippen molar-refractivity contribution in [2.24, 2.45) is 7.05 Å². The van der Waals surface area contributed by atoms with Gasteiger partial charge in [-0.15, -0.1) is 0 Å². The van der Waals surface area contributed by atoms with Crippen LogP contribution in [0.3, 0.4) is 0 Å². The van der Waals surface area contributed by atoms with E-state index in [1.54, 1.807) is 7.11 Å². The maximum Gasteiger partial charge on any atom is 0.141 e. The maximum atomic E-state index is 6.25. The van der Waals surface area contributed by atoms with Crippen molar-refractivity contribution < 1.29 is 4.74 Å². The molecule has 0 amide bonds. The molecule has 2 rings (SSSR count). The number of halogens is 1. The Bertz CT molecular complexity index is 551. The van der Waals surface area contributed by atoms with E-state index in [1.807, 2.05) is 42.9 Å². The van der Waals surface area contributed by atoms with Gasteiger partial charge in [0.05, 0.1) is 12.8 Å². The number of hydrogen-bond acceptors (Lipinski definition) is 3. The van der Waals surface area contributed by atoms with Crippen LogP contribution in [0.1, 0.15) is 5.69 Å². The molecular weight excluding hydrogens is 250 g/mol. The van der Waals surface area contributed by atoms with Gasteiger partial charge in [-0.3, -0.25) is 0 Å². The predicted molar refractivity (Wildman–Crippen MR) is 73.0 cm³/mol. The molecule has 0 aliphatic carbocycles. The van der Waals surface area contributed by atoms with Crippen LogP contribution in [0.5, 0.6) is 5.75 Å². The van der Waals surface area contributed by atoms with E-state index < -0.39 is 0 Å². The number of imidazole rings is 1. The average Bonchev–Trinajstić information content (AvgIpc) is 2.68. The Kier molecular flexibility index (Phi) is 3.89. The number of ether oxygens (including phenoxy) is 1. The lowest BCUT2D eigenvalue weighted by molar-refractivity contribution is 0.415. The summed E-state index contributed by atoms with van der Waals surface area (Å²) in [5, 5.41) is 3.71. The van der Waals surface area contributed by atoms with E-state index in [0.717, 1.165) is 22.8 Å². The lowest BCUT2D eigenvalue weighted by Crippen LogP contribution is -2.05. The third kappa shape index (κ3) is 2.35. The van der Waals surface area contributed by atoms with Crippen LogP contribution in [-0.4, -0.2) is 23.7 Å². The molecule has 0 unspecified atom stereocenters. The molecule has 0 atom stereocenters. The van der Waals surface area contributed by atoms with Gasteiger partial charge >= 0.3 is 0 Å². The highest BCUT2D eigenvalue weighted by molar-refractivity contribution is 6.30. The monoisotopic (exact) mass is 265 g/mol. The molecule has 0 bridgehead atoms. The maximum absolute atomic E-state index is 6.25. The Balaban J connectivity index is 2.46. The quantitative estimate of drug-likeness (QED) is 0.923. The Hall–Kier alpha value is -1.52. The first-order valence-electron chi connectivity index (χ1n) is 5.67. The van der Waals surface area contributed by atoms with Crippen LogP contribution in [0, 0.1) is 0 Å². The first-order chi connectivity index (χ1) is 8.67. The third-order valence-electron chi connectivity index (χ3n) is 2.76. The van der Waals surface area contributed by atoms with Gasteiger partial charge in [0.25, 0.3) is 0 Å². The van der Waals surface area contributed by atoms with Gasteiger partial charge in [-0.1, -0.05) is 23.7 Å². The standard InChI is InChI=1S/C13H16ClN3O/c1-15-8-11-12(14)17(2)13(16-11)9-5-4-6-10(7-9)18-3/h4-7,15H,8H2,1-3H3. The summed E-state index contributed by atoms with van der Waals surface area (Å²) in [4.78, 5) is 4.56. The van der Waals surface area contributed by atoms with E-state index in [2.05, 4.69) is 10.3 Å². The molecule has 0 saturated carbocycles. The SMILES string of the molecule is CNCc1nc(-c2cccc(OC)c2)n(C)c1Cl. The predicted octanol–water partition coefficient (Wildman–Crippen LogP) is 2.47. The van der Waals surface area contributed by atoms with Gasteiger partial charge < -0.3 is 14.6 Å². The Morgan fingerprint density at radius 3 is 2.89 bits per heavy atom. The number of hydrogen-bond donors (Lipinski definition) is 1.